The Morgan fingerprint density at radius 1 is 0.953 bits per heavy atom. The molecule has 1 saturated heterocycles. The average molecular weight is 590 g/mol. The van der Waals surface area contributed by atoms with Gasteiger partial charge in [-0.1, -0.05) is 98.7 Å². The van der Waals surface area contributed by atoms with Crippen LogP contribution in [0.3, 0.4) is 0 Å². The van der Waals surface area contributed by atoms with Gasteiger partial charge in [-0.05, 0) is 43.4 Å². The van der Waals surface area contributed by atoms with E-state index in [1.54, 1.807) is 6.07 Å². The molecule has 1 fully saturated rings. The van der Waals surface area contributed by atoms with E-state index >= 15 is 0 Å². The van der Waals surface area contributed by atoms with Gasteiger partial charge >= 0.3 is 6.09 Å². The molecule has 0 saturated carbocycles. The second-order valence-electron chi connectivity index (χ2n) is 11.2. The number of aliphatic hydroxyl groups is 1. The molecule has 2 amide bonds. The van der Waals surface area contributed by atoms with E-state index in [2.05, 4.69) is 0 Å². The summed E-state index contributed by atoms with van der Waals surface area (Å²) in [5, 5.41) is 8.92. The summed E-state index contributed by atoms with van der Waals surface area (Å²) in [7, 11) is 1.28. The van der Waals surface area contributed by atoms with Gasteiger partial charge in [0, 0.05) is 25.7 Å². The summed E-state index contributed by atoms with van der Waals surface area (Å²) >= 11 is 0. The monoisotopic (exact) mass is 589 g/mol. The van der Waals surface area contributed by atoms with Crippen LogP contribution in [0.1, 0.15) is 78.8 Å². The van der Waals surface area contributed by atoms with Crippen molar-refractivity contribution in [3.8, 4) is 11.1 Å². The highest BCUT2D eigenvalue weighted by Gasteiger charge is 2.44. The van der Waals surface area contributed by atoms with Crippen molar-refractivity contribution in [3.63, 3.8) is 0 Å². The Morgan fingerprint density at radius 2 is 1.65 bits per heavy atom. The normalized spacial score (nSPS) is 15.5. The van der Waals surface area contributed by atoms with Crippen LogP contribution in [0.2, 0.25) is 0 Å². The lowest BCUT2D eigenvalue weighted by molar-refractivity contribution is -0.137. The Balaban J connectivity index is 1.47. The van der Waals surface area contributed by atoms with Crippen molar-refractivity contribution in [2.45, 2.75) is 83.3 Å². The molecule has 2 atom stereocenters. The number of imide groups is 1. The molecule has 0 spiro atoms. The van der Waals surface area contributed by atoms with E-state index < -0.39 is 29.9 Å². The van der Waals surface area contributed by atoms with Gasteiger partial charge in [-0.3, -0.25) is 9.59 Å². The number of ketones is 1. The third kappa shape index (κ3) is 8.65. The number of amides is 2. The lowest BCUT2D eigenvalue weighted by atomic mass is 10.00. The minimum atomic E-state index is -1.54. The number of ether oxygens (including phenoxy) is 2. The van der Waals surface area contributed by atoms with E-state index in [-0.39, 0.29) is 19.0 Å². The van der Waals surface area contributed by atoms with Gasteiger partial charge in [0.05, 0.1) is 6.04 Å². The Kier molecular flexibility index (Phi) is 12.1. The summed E-state index contributed by atoms with van der Waals surface area (Å²) < 4.78 is 16.8. The first-order chi connectivity index (χ1) is 20.9. The Morgan fingerprint density at radius 3 is 2.33 bits per heavy atom. The van der Waals surface area contributed by atoms with Crippen LogP contribution < -0.4 is 0 Å². The van der Waals surface area contributed by atoms with E-state index in [1.165, 1.54) is 7.11 Å². The number of carbonyl (C=O) groups excluding carboxylic acids is 3. The number of Topliss-reactive ketones (excluding diaryl/α,β-unsaturated/α-hetero) is 1. The topological polar surface area (TPSA) is 106 Å². The summed E-state index contributed by atoms with van der Waals surface area (Å²) in [6.45, 7) is 2.32. The van der Waals surface area contributed by atoms with Crippen molar-refractivity contribution in [3.05, 3.63) is 83.3 Å². The molecule has 8 heteroatoms. The summed E-state index contributed by atoms with van der Waals surface area (Å²) in [4.78, 5) is 40.9. The first kappa shape index (κ1) is 32.2. The molecule has 2 aromatic carbocycles. The molecule has 1 N–H and O–H groups in total. The number of hydrogen-bond donors (Lipinski definition) is 1. The van der Waals surface area contributed by atoms with E-state index in [0.29, 0.717) is 18.6 Å². The maximum atomic E-state index is 13.7. The van der Waals surface area contributed by atoms with Crippen molar-refractivity contribution >= 4 is 17.8 Å². The number of nitrogens with zero attached hydrogens (tertiary/aromatic N) is 1. The molecule has 0 unspecified atom stereocenters. The van der Waals surface area contributed by atoms with Gasteiger partial charge in [-0.15, -0.1) is 0 Å². The quantitative estimate of drug-likeness (QED) is 0.106. The van der Waals surface area contributed by atoms with Gasteiger partial charge in [0.1, 0.15) is 12.4 Å². The number of unbranched alkanes of at least 4 members (excludes halogenated alkanes) is 7. The summed E-state index contributed by atoms with van der Waals surface area (Å²) in [5.74, 6) is -0.664. The summed E-state index contributed by atoms with van der Waals surface area (Å²) in [6.07, 6.45) is 7.19. The van der Waals surface area contributed by atoms with Crippen molar-refractivity contribution in [1.82, 2.24) is 4.90 Å². The largest absolute Gasteiger partial charge is 0.457 e. The predicted octanol–water partition coefficient (Wildman–Crippen LogP) is 6.70. The number of rotatable bonds is 17. The number of hydrogen-bond acceptors (Lipinski definition) is 7. The molecule has 0 aliphatic carbocycles. The van der Waals surface area contributed by atoms with E-state index in [1.807, 2.05) is 61.5 Å². The smallest absolute Gasteiger partial charge is 0.417 e. The molecule has 0 bridgehead atoms. The molecule has 1 aliphatic rings. The van der Waals surface area contributed by atoms with Crippen molar-refractivity contribution in [1.29, 1.82) is 0 Å². The van der Waals surface area contributed by atoms with E-state index in [0.717, 1.165) is 78.5 Å². The highest BCUT2D eigenvalue weighted by molar-refractivity contribution is 6.14. The van der Waals surface area contributed by atoms with Crippen LogP contribution in [0.25, 0.3) is 11.1 Å². The Labute approximate surface area is 254 Å². The van der Waals surface area contributed by atoms with Crippen LogP contribution in [-0.4, -0.2) is 60.3 Å². The van der Waals surface area contributed by atoms with Gasteiger partial charge in [0.2, 0.25) is 11.9 Å². The van der Waals surface area contributed by atoms with Gasteiger partial charge < -0.3 is 19.0 Å². The van der Waals surface area contributed by atoms with Gasteiger partial charge in [0.25, 0.3) is 5.91 Å². The predicted molar refractivity (Wildman–Crippen MR) is 164 cm³/mol. The fraction of sp³-hybridized carbons (Fsp3) is 0.457. The lowest BCUT2D eigenvalue weighted by Gasteiger charge is -2.23. The Hall–Kier alpha value is -3.75. The number of aliphatic hydroxyl groups excluding tert-OH is 1. The van der Waals surface area contributed by atoms with E-state index in [9.17, 15) is 14.4 Å². The van der Waals surface area contributed by atoms with Crippen LogP contribution in [0.4, 0.5) is 4.79 Å². The lowest BCUT2D eigenvalue weighted by Crippen LogP contribution is -2.48. The van der Waals surface area contributed by atoms with Crippen LogP contribution in [0.5, 0.6) is 0 Å². The van der Waals surface area contributed by atoms with Gasteiger partial charge in [0.15, 0.2) is 5.76 Å². The summed E-state index contributed by atoms with van der Waals surface area (Å²) in [6, 6.07) is 18.7. The second-order valence-corrected chi connectivity index (χ2v) is 11.2. The molecular formula is C35H43NO7. The second kappa shape index (κ2) is 16.2. The molecule has 1 aromatic heterocycles. The zero-order valence-electron chi connectivity index (χ0n) is 25.3. The number of cyclic esters (lactones) is 1. The zero-order valence-corrected chi connectivity index (χ0v) is 25.3. The molecular weight excluding hydrogens is 546 g/mol. The van der Waals surface area contributed by atoms with Crippen LogP contribution in [-0.2, 0) is 27.1 Å². The number of furan rings is 1. The van der Waals surface area contributed by atoms with Gasteiger partial charge in [-0.2, -0.15) is 0 Å². The molecule has 2 heterocycles. The Bertz CT molecular complexity index is 1350. The molecule has 43 heavy (non-hydrogen) atoms. The zero-order chi connectivity index (χ0) is 30.6. The number of benzene rings is 2. The minimum absolute atomic E-state index is 0.0303. The highest BCUT2D eigenvalue weighted by atomic mass is 16.6. The maximum absolute atomic E-state index is 13.7. The fourth-order valence-corrected chi connectivity index (χ4v) is 5.59. The van der Waals surface area contributed by atoms with Crippen molar-refractivity contribution in [2.75, 3.05) is 20.3 Å². The van der Waals surface area contributed by atoms with Gasteiger partial charge in [-0.25, -0.2) is 9.69 Å². The third-order valence-corrected chi connectivity index (χ3v) is 7.90. The van der Waals surface area contributed by atoms with Crippen LogP contribution in [0.15, 0.2) is 65.1 Å². The number of methoxy groups -OCH3 is 1. The van der Waals surface area contributed by atoms with E-state index in [4.69, 9.17) is 19.0 Å². The fourth-order valence-electron chi connectivity index (χ4n) is 5.59. The molecule has 8 nitrogen and oxygen atoms in total. The molecule has 1 aliphatic heterocycles. The molecule has 230 valence electrons. The van der Waals surface area contributed by atoms with Crippen LogP contribution in [0, 0.1) is 6.92 Å². The number of aryl methyl sites for hydroxylation is 2. The van der Waals surface area contributed by atoms with Crippen molar-refractivity contribution < 1.29 is 33.4 Å². The SMILES string of the molecule is CO[C@H](C(=O)c1cc(-c2cccc(C)c2)c(CCCCCCCCCCO)o1)C(=O)N1C(=O)OC[C@H]1Cc1ccccc1. The number of carbonyl (C=O) groups is 3. The molecule has 3 aromatic rings. The first-order valence-corrected chi connectivity index (χ1v) is 15.3. The molecule has 4 rings (SSSR count). The molecule has 0 radical (unpaired) electrons. The maximum Gasteiger partial charge on any atom is 0.417 e. The minimum Gasteiger partial charge on any atom is -0.457 e. The van der Waals surface area contributed by atoms with Crippen LogP contribution >= 0.6 is 0 Å². The first-order valence-electron chi connectivity index (χ1n) is 15.3. The standard InChI is InChI=1S/C35H43NO7/c1-25-15-14-18-27(21-25)29-23-31(43-30(29)19-12-7-5-3-4-6-8-13-20-37)32(38)33(41-2)34(39)36-28(24-42-35(36)40)22-26-16-10-9-11-17-26/h9-11,14-18,21,23,28,33,37H,3-8,12-13,19-20,22,24H2,1-2H3/t28-,33-/m1/s1. The average Bonchev–Trinajstić information content (AvgIpc) is 3.60. The summed E-state index contributed by atoms with van der Waals surface area (Å²) in [5.41, 5.74) is 3.79. The highest BCUT2D eigenvalue weighted by Crippen LogP contribution is 2.31. The third-order valence-electron chi connectivity index (χ3n) is 7.90. The van der Waals surface area contributed by atoms with Crippen molar-refractivity contribution in [2.24, 2.45) is 0 Å².